The zero-order valence-electron chi connectivity index (χ0n) is 14.9. The van der Waals surface area contributed by atoms with E-state index in [9.17, 15) is 0 Å². The summed E-state index contributed by atoms with van der Waals surface area (Å²) < 4.78 is 5.76. The Morgan fingerprint density at radius 3 is 2.67 bits per heavy atom. The van der Waals surface area contributed by atoms with E-state index in [1.54, 1.807) is 0 Å². The van der Waals surface area contributed by atoms with Crippen molar-refractivity contribution in [3.05, 3.63) is 59.5 Å². The fourth-order valence-electron chi connectivity index (χ4n) is 3.79. The monoisotopic (exact) mass is 327 g/mol. The van der Waals surface area contributed by atoms with E-state index in [0.717, 1.165) is 44.1 Å². The number of likely N-dealkylation sites (N-methyl/N-ethyl adjacent to an activating group) is 1. The summed E-state index contributed by atoms with van der Waals surface area (Å²) in [6.07, 6.45) is 2.33. The van der Waals surface area contributed by atoms with Gasteiger partial charge in [0.15, 0.2) is 0 Å². The number of rotatable bonds is 6. The second kappa shape index (κ2) is 7.51. The minimum atomic E-state index is 0.0216. The number of hydrogen-bond acceptors (Lipinski definition) is 4. The van der Waals surface area contributed by atoms with E-state index in [4.69, 9.17) is 10.2 Å². The normalized spacial score (nSPS) is 22.2. The Labute approximate surface area is 145 Å². The number of nitrogens with two attached hydrogens (primary N) is 1. The van der Waals surface area contributed by atoms with Gasteiger partial charge in [-0.1, -0.05) is 30.3 Å². The molecule has 1 fully saturated rings. The summed E-state index contributed by atoms with van der Waals surface area (Å²) in [5.41, 5.74) is 7.65. The van der Waals surface area contributed by atoms with Gasteiger partial charge in [0.1, 0.15) is 11.5 Å². The molecule has 4 heteroatoms. The first-order valence-corrected chi connectivity index (χ1v) is 8.84. The fraction of sp³-hybridized carbons (Fsp3) is 0.500. The molecule has 1 unspecified atom stereocenters. The number of benzene rings is 1. The Hall–Kier alpha value is -1.62. The number of hydrogen-bond donors (Lipinski definition) is 1. The first-order chi connectivity index (χ1) is 11.6. The van der Waals surface area contributed by atoms with Crippen molar-refractivity contribution in [2.45, 2.75) is 38.4 Å². The van der Waals surface area contributed by atoms with Gasteiger partial charge in [0, 0.05) is 25.2 Å². The lowest BCUT2D eigenvalue weighted by molar-refractivity contribution is 0.0218. The van der Waals surface area contributed by atoms with Gasteiger partial charge < -0.3 is 10.2 Å². The van der Waals surface area contributed by atoms with Crippen molar-refractivity contribution in [1.29, 1.82) is 0 Å². The van der Waals surface area contributed by atoms with E-state index in [1.807, 2.05) is 13.0 Å². The first-order valence-electron chi connectivity index (χ1n) is 8.84. The summed E-state index contributed by atoms with van der Waals surface area (Å²) in [6, 6.07) is 14.8. The van der Waals surface area contributed by atoms with Crippen molar-refractivity contribution in [3.8, 4) is 0 Å². The summed E-state index contributed by atoms with van der Waals surface area (Å²) in [6.45, 7) is 6.62. The maximum absolute atomic E-state index is 6.25. The molecule has 0 amide bonds. The summed E-state index contributed by atoms with van der Waals surface area (Å²) in [5.74, 6) is 1.98. The van der Waals surface area contributed by atoms with Gasteiger partial charge in [0.2, 0.25) is 0 Å². The van der Waals surface area contributed by atoms with Crippen LogP contribution in [-0.4, -0.2) is 42.0 Å². The highest BCUT2D eigenvalue weighted by Gasteiger charge is 2.38. The smallest absolute Gasteiger partial charge is 0.118 e. The number of aryl methyl sites for hydroxylation is 1. The molecular weight excluding hydrogens is 298 g/mol. The molecule has 2 N–H and O–H groups in total. The van der Waals surface area contributed by atoms with Crippen molar-refractivity contribution in [3.63, 3.8) is 0 Å². The second-order valence-electron chi connectivity index (χ2n) is 7.10. The lowest BCUT2D eigenvalue weighted by atomic mass is 9.87. The average molecular weight is 327 g/mol. The van der Waals surface area contributed by atoms with Gasteiger partial charge in [-0.05, 0) is 51.1 Å². The first kappa shape index (κ1) is 17.2. The summed E-state index contributed by atoms with van der Waals surface area (Å²) >= 11 is 0. The summed E-state index contributed by atoms with van der Waals surface area (Å²) in [5, 5.41) is 0. The van der Waals surface area contributed by atoms with E-state index < -0.39 is 0 Å². The second-order valence-corrected chi connectivity index (χ2v) is 7.10. The molecule has 1 aliphatic heterocycles. The Balaban J connectivity index is 1.68. The van der Waals surface area contributed by atoms with Crippen molar-refractivity contribution >= 4 is 0 Å². The van der Waals surface area contributed by atoms with E-state index in [-0.39, 0.29) is 5.54 Å². The number of nitrogens with zero attached hydrogens (tertiary/aromatic N) is 2. The lowest BCUT2D eigenvalue weighted by Crippen LogP contribution is -2.60. The highest BCUT2D eigenvalue weighted by Crippen LogP contribution is 2.28. The molecule has 2 heterocycles. The molecular formula is C20H29N3O. The predicted octanol–water partition coefficient (Wildman–Crippen LogP) is 3.01. The molecule has 24 heavy (non-hydrogen) atoms. The maximum Gasteiger partial charge on any atom is 0.118 e. The van der Waals surface area contributed by atoms with Crippen LogP contribution in [0.5, 0.6) is 0 Å². The molecule has 1 aromatic heterocycles. The predicted molar refractivity (Wildman–Crippen MR) is 97.7 cm³/mol. The third kappa shape index (κ3) is 3.89. The molecule has 0 spiro atoms. The quantitative estimate of drug-likeness (QED) is 0.886. The Morgan fingerprint density at radius 2 is 2.00 bits per heavy atom. The Morgan fingerprint density at radius 1 is 1.21 bits per heavy atom. The van der Waals surface area contributed by atoms with E-state index in [1.165, 1.54) is 12.0 Å². The fourth-order valence-corrected chi connectivity index (χ4v) is 3.79. The maximum atomic E-state index is 6.25. The lowest BCUT2D eigenvalue weighted by Gasteiger charge is -2.47. The molecule has 0 aliphatic carbocycles. The van der Waals surface area contributed by atoms with Gasteiger partial charge in [-0.15, -0.1) is 0 Å². The van der Waals surface area contributed by atoms with Crippen LogP contribution in [0.15, 0.2) is 46.9 Å². The van der Waals surface area contributed by atoms with Gasteiger partial charge in [0.05, 0.1) is 6.54 Å². The van der Waals surface area contributed by atoms with Gasteiger partial charge in [-0.3, -0.25) is 9.80 Å². The highest BCUT2D eigenvalue weighted by molar-refractivity contribution is 5.15. The minimum Gasteiger partial charge on any atom is -0.465 e. The molecule has 4 nitrogen and oxygen atoms in total. The standard InChI is InChI=1S/C20H29N3O/c1-17-9-10-19(24-17)14-22(2)20(15-21)11-6-12-23(16-20)13-18-7-4-3-5-8-18/h3-5,7-10H,6,11-16,21H2,1-2H3. The van der Waals surface area contributed by atoms with Crippen molar-refractivity contribution in [2.75, 3.05) is 26.7 Å². The molecule has 1 saturated heterocycles. The van der Waals surface area contributed by atoms with Crippen LogP contribution in [0.4, 0.5) is 0 Å². The molecule has 1 aliphatic rings. The highest BCUT2D eigenvalue weighted by atomic mass is 16.3. The minimum absolute atomic E-state index is 0.0216. The molecule has 1 atom stereocenters. The van der Waals surface area contributed by atoms with Gasteiger partial charge in [-0.2, -0.15) is 0 Å². The van der Waals surface area contributed by atoms with Crippen LogP contribution in [0.1, 0.15) is 29.9 Å². The molecule has 1 aromatic carbocycles. The van der Waals surface area contributed by atoms with Gasteiger partial charge in [-0.25, -0.2) is 0 Å². The van der Waals surface area contributed by atoms with Crippen molar-refractivity contribution < 1.29 is 4.42 Å². The molecule has 3 rings (SSSR count). The van der Waals surface area contributed by atoms with Crippen LogP contribution in [-0.2, 0) is 13.1 Å². The SMILES string of the molecule is Cc1ccc(CN(C)C2(CN)CCCN(Cc3ccccc3)C2)o1. The molecule has 0 saturated carbocycles. The van der Waals surface area contributed by atoms with E-state index in [0.29, 0.717) is 6.54 Å². The van der Waals surface area contributed by atoms with Crippen LogP contribution in [0.25, 0.3) is 0 Å². The van der Waals surface area contributed by atoms with Crippen LogP contribution in [0, 0.1) is 6.92 Å². The number of furan rings is 1. The molecule has 0 bridgehead atoms. The topological polar surface area (TPSA) is 45.6 Å². The van der Waals surface area contributed by atoms with Crippen LogP contribution in [0.3, 0.4) is 0 Å². The molecule has 2 aromatic rings. The van der Waals surface area contributed by atoms with Crippen molar-refractivity contribution in [1.82, 2.24) is 9.80 Å². The Kier molecular flexibility index (Phi) is 5.39. The van der Waals surface area contributed by atoms with Crippen LogP contribution < -0.4 is 5.73 Å². The largest absolute Gasteiger partial charge is 0.465 e. The third-order valence-electron chi connectivity index (χ3n) is 5.26. The summed E-state index contributed by atoms with van der Waals surface area (Å²) in [7, 11) is 2.18. The Bertz CT molecular complexity index is 639. The molecule has 130 valence electrons. The zero-order valence-corrected chi connectivity index (χ0v) is 14.9. The molecule has 0 radical (unpaired) electrons. The number of piperidine rings is 1. The van der Waals surface area contributed by atoms with Gasteiger partial charge >= 0.3 is 0 Å². The zero-order chi connectivity index (χ0) is 17.0. The average Bonchev–Trinajstić information content (AvgIpc) is 3.00. The van der Waals surface area contributed by atoms with Gasteiger partial charge in [0.25, 0.3) is 0 Å². The van der Waals surface area contributed by atoms with Crippen molar-refractivity contribution in [2.24, 2.45) is 5.73 Å². The number of likely N-dealkylation sites (tertiary alicyclic amines) is 1. The van der Waals surface area contributed by atoms with Crippen LogP contribution >= 0.6 is 0 Å². The van der Waals surface area contributed by atoms with E-state index in [2.05, 4.69) is 53.2 Å². The van der Waals surface area contributed by atoms with E-state index >= 15 is 0 Å². The van der Waals surface area contributed by atoms with Crippen LogP contribution in [0.2, 0.25) is 0 Å². The summed E-state index contributed by atoms with van der Waals surface area (Å²) in [4.78, 5) is 4.93. The third-order valence-corrected chi connectivity index (χ3v) is 5.26.